The summed E-state index contributed by atoms with van der Waals surface area (Å²) in [5.41, 5.74) is 5.07. The van der Waals surface area contributed by atoms with Gasteiger partial charge < -0.3 is 4.52 Å². The Bertz CT molecular complexity index is 949. The van der Waals surface area contributed by atoms with Crippen LogP contribution in [0.25, 0.3) is 11.3 Å². The summed E-state index contributed by atoms with van der Waals surface area (Å²) in [5, 5.41) is 12.9. The second-order valence-corrected chi connectivity index (χ2v) is 7.90. The maximum Gasteiger partial charge on any atom is 0.173 e. The van der Waals surface area contributed by atoms with E-state index in [0.29, 0.717) is 10.0 Å². The molecule has 2 aromatic heterocycles. The van der Waals surface area contributed by atoms with Gasteiger partial charge in [-0.3, -0.25) is 10.00 Å². The van der Waals surface area contributed by atoms with Crippen molar-refractivity contribution in [1.29, 1.82) is 0 Å². The summed E-state index contributed by atoms with van der Waals surface area (Å²) >= 11 is 12.6. The molecule has 1 saturated heterocycles. The molecule has 0 aliphatic carbocycles. The van der Waals surface area contributed by atoms with Crippen LogP contribution in [0.1, 0.15) is 47.8 Å². The van der Waals surface area contributed by atoms with Crippen LogP contribution in [0, 0.1) is 13.8 Å². The summed E-state index contributed by atoms with van der Waals surface area (Å²) < 4.78 is 5.59. The molecule has 0 spiro atoms. The highest BCUT2D eigenvalue weighted by Crippen LogP contribution is 2.38. The van der Waals surface area contributed by atoms with Crippen LogP contribution in [0.3, 0.4) is 0 Å². The number of nitrogens with one attached hydrogen (secondary N) is 1. The van der Waals surface area contributed by atoms with Gasteiger partial charge in [0.2, 0.25) is 0 Å². The average molecular weight is 405 g/mol. The van der Waals surface area contributed by atoms with Gasteiger partial charge >= 0.3 is 0 Å². The van der Waals surface area contributed by atoms with Crippen LogP contribution in [0.4, 0.5) is 0 Å². The zero-order valence-corrected chi connectivity index (χ0v) is 16.9. The van der Waals surface area contributed by atoms with Crippen LogP contribution in [0.15, 0.2) is 28.9 Å². The van der Waals surface area contributed by atoms with Gasteiger partial charge in [-0.05, 0) is 44.9 Å². The highest BCUT2D eigenvalue weighted by molar-refractivity contribution is 6.42. The van der Waals surface area contributed by atoms with E-state index in [-0.39, 0.29) is 6.04 Å². The summed E-state index contributed by atoms with van der Waals surface area (Å²) in [5.74, 6) is 0.794. The van der Waals surface area contributed by atoms with Gasteiger partial charge in [-0.2, -0.15) is 5.10 Å². The van der Waals surface area contributed by atoms with Gasteiger partial charge in [-0.25, -0.2) is 0 Å². The summed E-state index contributed by atoms with van der Waals surface area (Å²) in [7, 11) is 0. The first-order valence-electron chi connectivity index (χ1n) is 9.19. The average Bonchev–Trinajstić information content (AvgIpc) is 3.27. The van der Waals surface area contributed by atoms with Crippen LogP contribution in [0.5, 0.6) is 0 Å². The van der Waals surface area contributed by atoms with Gasteiger partial charge in [0.05, 0.1) is 39.2 Å². The molecule has 1 aromatic carbocycles. The third-order valence-electron chi connectivity index (χ3n) is 5.42. The molecule has 3 heterocycles. The van der Waals surface area contributed by atoms with Crippen molar-refractivity contribution in [3.05, 3.63) is 57.0 Å². The van der Waals surface area contributed by atoms with E-state index in [1.54, 1.807) is 0 Å². The van der Waals surface area contributed by atoms with Crippen molar-refractivity contribution in [2.24, 2.45) is 0 Å². The van der Waals surface area contributed by atoms with Crippen LogP contribution in [0.2, 0.25) is 10.0 Å². The predicted molar refractivity (Wildman–Crippen MR) is 107 cm³/mol. The molecule has 3 aromatic rings. The number of benzene rings is 1. The molecule has 0 saturated carbocycles. The second kappa shape index (κ2) is 7.66. The van der Waals surface area contributed by atoms with E-state index in [1.807, 2.05) is 38.2 Å². The topological polar surface area (TPSA) is 58.0 Å². The molecule has 1 fully saturated rings. The lowest BCUT2D eigenvalue weighted by molar-refractivity contribution is 0.137. The highest BCUT2D eigenvalue weighted by atomic mass is 35.5. The summed E-state index contributed by atoms with van der Waals surface area (Å²) in [6.45, 7) is 5.73. The first kappa shape index (κ1) is 18.5. The number of rotatable bonds is 4. The molecular formula is C20H22Cl2N4O. The number of hydrogen-bond donors (Lipinski definition) is 1. The molecule has 1 atom stereocenters. The Hall–Kier alpha value is -1.82. The highest BCUT2D eigenvalue weighted by Gasteiger charge is 2.30. The molecular weight excluding hydrogens is 383 g/mol. The zero-order valence-electron chi connectivity index (χ0n) is 15.4. The Morgan fingerprint density at radius 2 is 2.11 bits per heavy atom. The van der Waals surface area contributed by atoms with Crippen molar-refractivity contribution in [3.8, 4) is 11.3 Å². The number of aromatic amines is 1. The molecule has 1 N–H and O–H groups in total. The maximum atomic E-state index is 6.43. The van der Waals surface area contributed by atoms with Crippen LogP contribution in [-0.2, 0) is 6.54 Å². The minimum absolute atomic E-state index is 0.219. The third kappa shape index (κ3) is 3.51. The standard InChI is InChI=1S/C20H22Cl2N4O/c1-12-13(2)25-27-20(12)15-10-23-24-19(15)17-8-3-4-9-26(17)11-14-6-5-7-16(21)18(14)22/h5-7,10,17H,3-4,8-9,11H2,1-2H3,(H,23,24). The number of piperidine rings is 1. The van der Waals surface area contributed by atoms with Crippen molar-refractivity contribution in [3.63, 3.8) is 0 Å². The fourth-order valence-electron chi connectivity index (χ4n) is 3.79. The SMILES string of the molecule is Cc1noc(-c2cn[nH]c2C2CCCCN2Cc2cccc(Cl)c2Cl)c1C. The second-order valence-electron chi connectivity index (χ2n) is 7.11. The molecule has 27 heavy (non-hydrogen) atoms. The first-order chi connectivity index (χ1) is 13.1. The van der Waals surface area contributed by atoms with Gasteiger partial charge in [0, 0.05) is 12.1 Å². The lowest BCUT2D eigenvalue weighted by atomic mass is 9.95. The van der Waals surface area contributed by atoms with E-state index >= 15 is 0 Å². The quantitative estimate of drug-likeness (QED) is 0.604. The van der Waals surface area contributed by atoms with E-state index in [0.717, 1.165) is 53.3 Å². The van der Waals surface area contributed by atoms with Gasteiger partial charge in [0.1, 0.15) is 0 Å². The molecule has 1 unspecified atom stereocenters. The predicted octanol–water partition coefficient (Wildman–Crippen LogP) is 5.72. The minimum atomic E-state index is 0.219. The van der Waals surface area contributed by atoms with Crippen molar-refractivity contribution < 1.29 is 4.52 Å². The van der Waals surface area contributed by atoms with E-state index in [1.165, 1.54) is 12.8 Å². The maximum absolute atomic E-state index is 6.43. The number of likely N-dealkylation sites (tertiary alicyclic amines) is 1. The van der Waals surface area contributed by atoms with Crippen LogP contribution < -0.4 is 0 Å². The Labute approximate surface area is 168 Å². The van der Waals surface area contributed by atoms with Gasteiger partial charge in [0.15, 0.2) is 5.76 Å². The molecule has 0 radical (unpaired) electrons. The number of aromatic nitrogens is 3. The van der Waals surface area contributed by atoms with Gasteiger partial charge in [-0.1, -0.05) is 46.9 Å². The van der Waals surface area contributed by atoms with E-state index in [2.05, 4.69) is 20.3 Å². The van der Waals surface area contributed by atoms with Crippen molar-refractivity contribution in [2.75, 3.05) is 6.54 Å². The minimum Gasteiger partial charge on any atom is -0.356 e. The van der Waals surface area contributed by atoms with Crippen LogP contribution in [-0.4, -0.2) is 26.8 Å². The summed E-state index contributed by atoms with van der Waals surface area (Å²) in [4.78, 5) is 2.44. The Morgan fingerprint density at radius 1 is 1.26 bits per heavy atom. The first-order valence-corrected chi connectivity index (χ1v) is 9.95. The smallest absolute Gasteiger partial charge is 0.173 e. The van der Waals surface area contributed by atoms with Gasteiger partial charge in [0.25, 0.3) is 0 Å². The third-order valence-corrected chi connectivity index (χ3v) is 6.28. The van der Waals surface area contributed by atoms with Crippen molar-refractivity contribution in [2.45, 2.75) is 45.7 Å². The molecule has 142 valence electrons. The van der Waals surface area contributed by atoms with E-state index in [4.69, 9.17) is 27.7 Å². The lowest BCUT2D eigenvalue weighted by Crippen LogP contribution is -2.33. The molecule has 1 aliphatic heterocycles. The summed E-state index contributed by atoms with van der Waals surface area (Å²) in [6.07, 6.45) is 5.23. The number of nitrogens with zero attached hydrogens (tertiary/aromatic N) is 3. The number of hydrogen-bond acceptors (Lipinski definition) is 4. The Kier molecular flexibility index (Phi) is 5.26. The molecule has 4 rings (SSSR count). The van der Waals surface area contributed by atoms with E-state index in [9.17, 15) is 0 Å². The zero-order chi connectivity index (χ0) is 19.0. The Balaban J connectivity index is 1.67. The molecule has 7 heteroatoms. The number of halogens is 2. The fourth-order valence-corrected chi connectivity index (χ4v) is 4.17. The van der Waals surface area contributed by atoms with Crippen molar-refractivity contribution >= 4 is 23.2 Å². The van der Waals surface area contributed by atoms with Crippen molar-refractivity contribution in [1.82, 2.24) is 20.3 Å². The Morgan fingerprint density at radius 3 is 2.89 bits per heavy atom. The number of aryl methyl sites for hydroxylation is 1. The molecule has 1 aliphatic rings. The fraction of sp³-hybridized carbons (Fsp3) is 0.400. The van der Waals surface area contributed by atoms with E-state index < -0.39 is 0 Å². The van der Waals surface area contributed by atoms with Gasteiger partial charge in [-0.15, -0.1) is 0 Å². The normalized spacial score (nSPS) is 18.1. The monoisotopic (exact) mass is 404 g/mol. The lowest BCUT2D eigenvalue weighted by Gasteiger charge is -2.35. The largest absolute Gasteiger partial charge is 0.356 e. The number of H-pyrrole nitrogens is 1. The van der Waals surface area contributed by atoms with Crippen LogP contribution >= 0.6 is 23.2 Å². The molecule has 0 amide bonds. The molecule has 0 bridgehead atoms. The molecule has 5 nitrogen and oxygen atoms in total. The summed E-state index contributed by atoms with van der Waals surface area (Å²) in [6, 6.07) is 6.03.